The molecule has 178 valence electrons. The molecule has 0 bridgehead atoms. The van der Waals surface area contributed by atoms with Gasteiger partial charge in [-0.25, -0.2) is 0 Å². The second-order valence-electron chi connectivity index (χ2n) is 8.70. The van der Waals surface area contributed by atoms with Crippen molar-refractivity contribution in [2.45, 2.75) is 117 Å². The molecule has 0 saturated heterocycles. The molecule has 1 aromatic carbocycles. The molecule has 1 rings (SSSR count). The molecule has 0 spiro atoms. The van der Waals surface area contributed by atoms with Crippen LogP contribution in [0.1, 0.15) is 116 Å². The lowest BCUT2D eigenvalue weighted by Crippen LogP contribution is -2.23. The highest BCUT2D eigenvalue weighted by Gasteiger charge is 2.21. The lowest BCUT2D eigenvalue weighted by atomic mass is 9.93. The third-order valence-corrected chi connectivity index (χ3v) is 6.83. The number of hydrogen-bond acceptors (Lipinski definition) is 2. The van der Waals surface area contributed by atoms with Crippen LogP contribution in [0.3, 0.4) is 0 Å². The van der Waals surface area contributed by atoms with Crippen molar-refractivity contribution in [3.8, 4) is 5.75 Å². The molecule has 1 amide bonds. The number of carbonyl (C=O) groups excluding carboxylic acids is 1. The van der Waals surface area contributed by atoms with E-state index in [1.807, 2.05) is 6.92 Å². The quantitative estimate of drug-likeness (QED) is 0.175. The van der Waals surface area contributed by atoms with Crippen LogP contribution in [-0.2, 0) is 11.2 Å². The Labute approximate surface area is 200 Å². The Morgan fingerprint density at radius 3 is 1.84 bits per heavy atom. The van der Waals surface area contributed by atoms with Crippen molar-refractivity contribution in [1.82, 2.24) is 0 Å². The number of hydrogen-bond donors (Lipinski definition) is 2. The smallest absolute Gasteiger partial charge is 0.227 e. The molecule has 0 aromatic heterocycles. The Bertz CT molecular complexity index is 649. The molecule has 0 radical (unpaired) electrons. The van der Waals surface area contributed by atoms with Gasteiger partial charge in [0.05, 0.1) is 10.7 Å². The summed E-state index contributed by atoms with van der Waals surface area (Å²) in [6.45, 7) is 6.38. The summed E-state index contributed by atoms with van der Waals surface area (Å²) in [5.41, 5.74) is 1.02. The molecular formula is C26H43Cl2NO2. The number of anilines is 1. The summed E-state index contributed by atoms with van der Waals surface area (Å²) in [6, 6.07) is 1.62. The zero-order valence-electron chi connectivity index (χ0n) is 19.9. The highest BCUT2D eigenvalue weighted by molar-refractivity contribution is 6.37. The van der Waals surface area contributed by atoms with Crippen LogP contribution < -0.4 is 5.32 Å². The molecule has 0 fully saturated rings. The number of phenols is 1. The van der Waals surface area contributed by atoms with Crippen molar-refractivity contribution in [3.63, 3.8) is 0 Å². The molecule has 1 atom stereocenters. The Balaban J connectivity index is 2.69. The number of phenolic OH excluding ortho intramolecular Hbond substituents is 1. The number of nitrogens with one attached hydrogen (secondary N) is 1. The van der Waals surface area contributed by atoms with Gasteiger partial charge in [0.2, 0.25) is 5.91 Å². The molecule has 0 saturated carbocycles. The average Bonchev–Trinajstić information content (AvgIpc) is 2.75. The fourth-order valence-corrected chi connectivity index (χ4v) is 4.77. The van der Waals surface area contributed by atoms with Crippen LogP contribution in [0.15, 0.2) is 6.07 Å². The van der Waals surface area contributed by atoms with Crippen molar-refractivity contribution >= 4 is 34.8 Å². The Morgan fingerprint density at radius 1 is 0.871 bits per heavy atom. The first-order valence-electron chi connectivity index (χ1n) is 12.5. The number of aromatic hydroxyl groups is 1. The predicted molar refractivity (Wildman–Crippen MR) is 136 cm³/mol. The van der Waals surface area contributed by atoms with Crippen LogP contribution in [0, 0.1) is 5.92 Å². The molecule has 0 aliphatic heterocycles. The van der Waals surface area contributed by atoms with Crippen molar-refractivity contribution < 1.29 is 9.90 Å². The number of unbranched alkanes of at least 4 members (excludes halogenated alkanes) is 10. The van der Waals surface area contributed by atoms with E-state index in [2.05, 4.69) is 19.2 Å². The highest BCUT2D eigenvalue weighted by Crippen LogP contribution is 2.40. The number of amides is 1. The van der Waals surface area contributed by atoms with Gasteiger partial charge in [-0.1, -0.05) is 121 Å². The average molecular weight is 473 g/mol. The van der Waals surface area contributed by atoms with Gasteiger partial charge in [-0.2, -0.15) is 0 Å². The van der Waals surface area contributed by atoms with Gasteiger partial charge in [-0.05, 0) is 30.9 Å². The minimum Gasteiger partial charge on any atom is -0.504 e. The predicted octanol–water partition coefficient (Wildman–Crippen LogP) is 9.32. The maximum atomic E-state index is 13.1. The molecule has 5 heteroatoms. The summed E-state index contributed by atoms with van der Waals surface area (Å²) in [7, 11) is 0. The third kappa shape index (κ3) is 10.5. The summed E-state index contributed by atoms with van der Waals surface area (Å²) in [5, 5.41) is 14.1. The zero-order chi connectivity index (χ0) is 23.1. The van der Waals surface area contributed by atoms with Crippen LogP contribution in [0.4, 0.5) is 5.69 Å². The van der Waals surface area contributed by atoms with Crippen molar-refractivity contribution in [2.75, 3.05) is 5.32 Å². The Kier molecular flexibility index (Phi) is 15.1. The molecule has 31 heavy (non-hydrogen) atoms. The van der Waals surface area contributed by atoms with Crippen LogP contribution in [0.25, 0.3) is 0 Å². The fourth-order valence-electron chi connectivity index (χ4n) is 4.05. The molecular weight excluding hydrogens is 429 g/mol. The minimum atomic E-state index is -0.0890. The first-order valence-corrected chi connectivity index (χ1v) is 13.2. The maximum absolute atomic E-state index is 13.1. The molecule has 2 N–H and O–H groups in total. The van der Waals surface area contributed by atoms with Crippen LogP contribution >= 0.6 is 23.2 Å². The number of carbonyl (C=O) groups is 1. The summed E-state index contributed by atoms with van der Waals surface area (Å²) in [5.74, 6) is -0.165. The van der Waals surface area contributed by atoms with E-state index < -0.39 is 0 Å². The first-order chi connectivity index (χ1) is 15.0. The van der Waals surface area contributed by atoms with Crippen LogP contribution in [-0.4, -0.2) is 11.0 Å². The summed E-state index contributed by atoms with van der Waals surface area (Å²) in [6.07, 6.45) is 17.0. The van der Waals surface area contributed by atoms with Crippen molar-refractivity contribution in [2.24, 2.45) is 5.92 Å². The van der Waals surface area contributed by atoms with Crippen LogP contribution in [0.2, 0.25) is 10.0 Å². The van der Waals surface area contributed by atoms with E-state index in [1.54, 1.807) is 6.07 Å². The van der Waals surface area contributed by atoms with Gasteiger partial charge in [0.25, 0.3) is 0 Å². The molecule has 0 aliphatic carbocycles. The monoisotopic (exact) mass is 471 g/mol. The second kappa shape index (κ2) is 16.7. The van der Waals surface area contributed by atoms with Gasteiger partial charge in [0.15, 0.2) is 5.75 Å². The fraction of sp³-hybridized carbons (Fsp3) is 0.731. The van der Waals surface area contributed by atoms with E-state index in [0.717, 1.165) is 25.7 Å². The topological polar surface area (TPSA) is 49.3 Å². The molecule has 1 unspecified atom stereocenters. The van der Waals surface area contributed by atoms with Crippen molar-refractivity contribution in [3.05, 3.63) is 21.7 Å². The second-order valence-corrected chi connectivity index (χ2v) is 9.48. The van der Waals surface area contributed by atoms with Crippen molar-refractivity contribution in [1.29, 1.82) is 0 Å². The zero-order valence-corrected chi connectivity index (χ0v) is 21.4. The lowest BCUT2D eigenvalue weighted by Gasteiger charge is -2.19. The van der Waals surface area contributed by atoms with Gasteiger partial charge >= 0.3 is 0 Å². The Morgan fingerprint density at radius 2 is 1.35 bits per heavy atom. The maximum Gasteiger partial charge on any atom is 0.227 e. The number of rotatable bonds is 17. The van der Waals surface area contributed by atoms with E-state index in [0.29, 0.717) is 22.7 Å². The first kappa shape index (κ1) is 28.1. The minimum absolute atomic E-state index is 0.0341. The lowest BCUT2D eigenvalue weighted by molar-refractivity contribution is -0.120. The summed E-state index contributed by atoms with van der Waals surface area (Å²) >= 11 is 12.6. The van der Waals surface area contributed by atoms with E-state index in [9.17, 15) is 9.90 Å². The molecule has 3 nitrogen and oxygen atoms in total. The highest BCUT2D eigenvalue weighted by atomic mass is 35.5. The van der Waals surface area contributed by atoms with Crippen LogP contribution in [0.5, 0.6) is 5.75 Å². The molecule has 0 aliphatic rings. The SMILES string of the molecule is CCCCCCCCCC(CCCCCCC)C(=O)Nc1cc(Cl)c(CC)c(Cl)c1O. The summed E-state index contributed by atoms with van der Waals surface area (Å²) < 4.78 is 0. The molecule has 0 heterocycles. The molecule has 1 aromatic rings. The largest absolute Gasteiger partial charge is 0.504 e. The van der Waals surface area contributed by atoms with E-state index in [1.165, 1.54) is 64.2 Å². The Hall–Kier alpha value is -0.930. The number of benzene rings is 1. The normalized spacial score (nSPS) is 12.2. The summed E-state index contributed by atoms with van der Waals surface area (Å²) in [4.78, 5) is 13.1. The van der Waals surface area contributed by atoms with E-state index in [4.69, 9.17) is 23.2 Å². The van der Waals surface area contributed by atoms with Gasteiger partial charge in [-0.15, -0.1) is 0 Å². The third-order valence-electron chi connectivity index (χ3n) is 6.08. The van der Waals surface area contributed by atoms with Gasteiger partial charge in [0, 0.05) is 10.9 Å². The standard InChI is InChI=1S/C26H43Cl2NO2/c1-4-7-9-11-12-14-16-18-20(17-15-13-10-8-5-2)26(31)29-23-19-22(27)21(6-3)24(28)25(23)30/h19-20,30H,4-18H2,1-3H3,(H,29,31). The number of halogens is 2. The van der Waals surface area contributed by atoms with Gasteiger partial charge < -0.3 is 10.4 Å². The van der Waals surface area contributed by atoms with E-state index >= 15 is 0 Å². The van der Waals surface area contributed by atoms with Gasteiger partial charge in [-0.3, -0.25) is 4.79 Å². The van der Waals surface area contributed by atoms with E-state index in [-0.39, 0.29) is 22.6 Å². The van der Waals surface area contributed by atoms with Gasteiger partial charge in [0.1, 0.15) is 0 Å².